The fourth-order valence-electron chi connectivity index (χ4n) is 2.83. The van der Waals surface area contributed by atoms with Gasteiger partial charge in [-0.25, -0.2) is 9.97 Å². The summed E-state index contributed by atoms with van der Waals surface area (Å²) in [6.45, 7) is 0.988. The Morgan fingerprint density at radius 1 is 1.38 bits per heavy atom. The lowest BCUT2D eigenvalue weighted by molar-refractivity contribution is 0.677. The molecule has 1 atom stereocenters. The highest BCUT2D eigenvalue weighted by Crippen LogP contribution is 2.35. The predicted octanol–water partition coefficient (Wildman–Crippen LogP) is 1.99. The van der Waals surface area contributed by atoms with Crippen LogP contribution in [0.25, 0.3) is 11.0 Å². The van der Waals surface area contributed by atoms with Crippen LogP contribution in [0.5, 0.6) is 0 Å². The number of H-pyrrole nitrogens is 1. The van der Waals surface area contributed by atoms with E-state index in [1.54, 1.807) is 6.33 Å². The summed E-state index contributed by atoms with van der Waals surface area (Å²) in [5.74, 6) is 3.18. The van der Waals surface area contributed by atoms with Crippen LogP contribution in [0.3, 0.4) is 0 Å². The second kappa shape index (κ2) is 5.07. The van der Waals surface area contributed by atoms with Gasteiger partial charge in [-0.2, -0.15) is 16.9 Å². The van der Waals surface area contributed by atoms with E-state index in [2.05, 4.69) is 31.1 Å². The summed E-state index contributed by atoms with van der Waals surface area (Å²) in [6.07, 6.45) is 7.61. The molecule has 1 fully saturated rings. The zero-order chi connectivity index (χ0) is 14.2. The highest BCUT2D eigenvalue weighted by molar-refractivity contribution is 7.99. The van der Waals surface area contributed by atoms with Crippen molar-refractivity contribution in [1.82, 2.24) is 24.7 Å². The van der Waals surface area contributed by atoms with Crippen molar-refractivity contribution in [3.05, 3.63) is 36.5 Å². The molecule has 0 amide bonds. The van der Waals surface area contributed by atoms with Gasteiger partial charge in [0.25, 0.3) is 0 Å². The summed E-state index contributed by atoms with van der Waals surface area (Å²) in [4.78, 5) is 14.4. The van der Waals surface area contributed by atoms with E-state index in [0.717, 1.165) is 34.9 Å². The SMILES string of the molecule is Cn1cc([C@H]2CSCCN2c2ncnc3[nH]ccc23)cn1. The number of fused-ring (bicyclic) bond motifs is 1. The highest BCUT2D eigenvalue weighted by atomic mass is 32.2. The molecule has 0 unspecified atom stereocenters. The molecule has 6 nitrogen and oxygen atoms in total. The van der Waals surface area contributed by atoms with Gasteiger partial charge in [0.05, 0.1) is 17.6 Å². The molecule has 108 valence electrons. The van der Waals surface area contributed by atoms with Crippen LogP contribution in [0.1, 0.15) is 11.6 Å². The fraction of sp³-hybridized carbons (Fsp3) is 0.357. The largest absolute Gasteiger partial charge is 0.347 e. The number of nitrogens with one attached hydrogen (secondary N) is 1. The summed E-state index contributed by atoms with van der Waals surface area (Å²) in [5.41, 5.74) is 2.13. The maximum absolute atomic E-state index is 4.54. The van der Waals surface area contributed by atoms with Gasteiger partial charge in [0.2, 0.25) is 0 Å². The molecule has 1 aliphatic rings. The molecule has 1 aliphatic heterocycles. The first kappa shape index (κ1) is 12.7. The third-order valence-electron chi connectivity index (χ3n) is 3.84. The van der Waals surface area contributed by atoms with Crippen molar-refractivity contribution in [2.45, 2.75) is 6.04 Å². The number of aromatic amines is 1. The first-order valence-electron chi connectivity index (χ1n) is 6.94. The Morgan fingerprint density at radius 3 is 3.19 bits per heavy atom. The Labute approximate surface area is 126 Å². The quantitative estimate of drug-likeness (QED) is 0.784. The number of nitrogens with zero attached hydrogens (tertiary/aromatic N) is 5. The van der Waals surface area contributed by atoms with Gasteiger partial charge < -0.3 is 9.88 Å². The summed E-state index contributed by atoms with van der Waals surface area (Å²) in [6, 6.07) is 2.36. The van der Waals surface area contributed by atoms with Crippen LogP contribution in [-0.4, -0.2) is 42.8 Å². The molecule has 0 aliphatic carbocycles. The van der Waals surface area contributed by atoms with Crippen molar-refractivity contribution in [3.63, 3.8) is 0 Å². The summed E-state index contributed by atoms with van der Waals surface area (Å²) in [7, 11) is 1.96. The second-order valence-corrected chi connectivity index (χ2v) is 6.32. The average molecular weight is 300 g/mol. The topological polar surface area (TPSA) is 62.6 Å². The van der Waals surface area contributed by atoms with E-state index in [4.69, 9.17) is 0 Å². The number of thioether (sulfide) groups is 1. The van der Waals surface area contributed by atoms with Crippen molar-refractivity contribution < 1.29 is 0 Å². The summed E-state index contributed by atoms with van der Waals surface area (Å²) in [5, 5.41) is 5.40. The summed E-state index contributed by atoms with van der Waals surface area (Å²) < 4.78 is 1.86. The molecule has 3 aromatic rings. The molecule has 7 heteroatoms. The molecule has 0 aromatic carbocycles. The van der Waals surface area contributed by atoms with E-state index in [0.29, 0.717) is 6.04 Å². The van der Waals surface area contributed by atoms with Gasteiger partial charge in [-0.05, 0) is 6.07 Å². The van der Waals surface area contributed by atoms with Gasteiger partial charge in [0.15, 0.2) is 0 Å². The molecule has 3 aromatic heterocycles. The minimum absolute atomic E-state index is 0.311. The second-order valence-electron chi connectivity index (χ2n) is 5.17. The lowest BCUT2D eigenvalue weighted by atomic mass is 10.1. The van der Waals surface area contributed by atoms with Crippen LogP contribution >= 0.6 is 11.8 Å². The van der Waals surface area contributed by atoms with E-state index < -0.39 is 0 Å². The van der Waals surface area contributed by atoms with Crippen LogP contribution in [0, 0.1) is 0 Å². The van der Waals surface area contributed by atoms with Crippen LogP contribution in [0.15, 0.2) is 31.0 Å². The van der Waals surface area contributed by atoms with E-state index >= 15 is 0 Å². The van der Waals surface area contributed by atoms with Crippen LogP contribution in [0.4, 0.5) is 5.82 Å². The van der Waals surface area contributed by atoms with E-state index in [9.17, 15) is 0 Å². The Morgan fingerprint density at radius 2 is 2.33 bits per heavy atom. The Hall–Kier alpha value is -2.02. The maximum atomic E-state index is 4.54. The van der Waals surface area contributed by atoms with Gasteiger partial charge in [-0.3, -0.25) is 4.68 Å². The first-order valence-corrected chi connectivity index (χ1v) is 8.09. The minimum atomic E-state index is 0.311. The van der Waals surface area contributed by atoms with Crippen molar-refractivity contribution in [2.24, 2.45) is 7.05 Å². The van der Waals surface area contributed by atoms with Gasteiger partial charge in [0, 0.05) is 43.1 Å². The number of hydrogen-bond donors (Lipinski definition) is 1. The van der Waals surface area contributed by atoms with Crippen molar-refractivity contribution >= 4 is 28.6 Å². The molecule has 0 bridgehead atoms. The molecular formula is C14H16N6S. The smallest absolute Gasteiger partial charge is 0.142 e. The van der Waals surface area contributed by atoms with E-state index in [-0.39, 0.29) is 0 Å². The molecule has 21 heavy (non-hydrogen) atoms. The van der Waals surface area contributed by atoms with E-state index in [1.807, 2.05) is 42.0 Å². The standard InChI is InChI=1S/C14H16N6S/c1-19-7-10(6-18-19)12-8-21-5-4-20(12)14-11-2-3-15-13(11)16-9-17-14/h2-3,6-7,9,12H,4-5,8H2,1H3,(H,15,16,17)/t12-/m1/s1. The molecule has 1 saturated heterocycles. The first-order chi connectivity index (χ1) is 10.3. The molecule has 0 saturated carbocycles. The molecular weight excluding hydrogens is 284 g/mol. The number of anilines is 1. The monoisotopic (exact) mass is 300 g/mol. The van der Waals surface area contributed by atoms with Crippen LogP contribution in [-0.2, 0) is 7.05 Å². The summed E-state index contributed by atoms with van der Waals surface area (Å²) >= 11 is 1.98. The Bertz CT molecular complexity index is 764. The highest BCUT2D eigenvalue weighted by Gasteiger charge is 2.27. The van der Waals surface area contributed by atoms with Gasteiger partial charge in [0.1, 0.15) is 17.8 Å². The van der Waals surface area contributed by atoms with E-state index in [1.165, 1.54) is 5.56 Å². The number of rotatable bonds is 2. The zero-order valence-electron chi connectivity index (χ0n) is 11.7. The van der Waals surface area contributed by atoms with Crippen LogP contribution in [0.2, 0.25) is 0 Å². The number of hydrogen-bond acceptors (Lipinski definition) is 5. The lowest BCUT2D eigenvalue weighted by Crippen LogP contribution is -2.36. The number of aromatic nitrogens is 5. The molecule has 0 radical (unpaired) electrons. The van der Waals surface area contributed by atoms with Crippen molar-refractivity contribution in [1.29, 1.82) is 0 Å². The minimum Gasteiger partial charge on any atom is -0.347 e. The third-order valence-corrected chi connectivity index (χ3v) is 4.87. The molecule has 4 heterocycles. The lowest BCUT2D eigenvalue weighted by Gasteiger charge is -2.36. The predicted molar refractivity (Wildman–Crippen MR) is 84.5 cm³/mol. The average Bonchev–Trinajstić information content (AvgIpc) is 3.15. The Balaban J connectivity index is 1.79. The van der Waals surface area contributed by atoms with Crippen molar-refractivity contribution in [3.8, 4) is 0 Å². The fourth-order valence-corrected chi connectivity index (χ4v) is 3.92. The molecule has 1 N–H and O–H groups in total. The molecule has 0 spiro atoms. The number of aryl methyl sites for hydroxylation is 1. The zero-order valence-corrected chi connectivity index (χ0v) is 12.5. The van der Waals surface area contributed by atoms with Gasteiger partial charge in [-0.1, -0.05) is 0 Å². The third kappa shape index (κ3) is 2.17. The Kier molecular flexibility index (Phi) is 3.07. The molecule has 4 rings (SSSR count). The normalized spacial score (nSPS) is 19.3. The van der Waals surface area contributed by atoms with Gasteiger partial charge >= 0.3 is 0 Å². The van der Waals surface area contributed by atoms with Crippen molar-refractivity contribution in [2.75, 3.05) is 23.0 Å². The van der Waals surface area contributed by atoms with Crippen LogP contribution < -0.4 is 4.90 Å². The van der Waals surface area contributed by atoms with Gasteiger partial charge in [-0.15, -0.1) is 0 Å². The maximum Gasteiger partial charge on any atom is 0.142 e.